The number of carbonyl (C=O) groups is 1. The average molecular weight is 337 g/mol. The molecule has 114 valence electrons. The minimum atomic E-state index is -3.80. The number of fused-ring (bicyclic) bond motifs is 1. The molecule has 0 fully saturated rings. The first kappa shape index (κ1) is 14.9. The van der Waals surface area contributed by atoms with Crippen molar-refractivity contribution < 1.29 is 13.2 Å². The van der Waals surface area contributed by atoms with E-state index in [4.69, 9.17) is 11.6 Å². The first-order chi connectivity index (χ1) is 10.5. The number of anilines is 1. The van der Waals surface area contributed by atoms with E-state index in [0.717, 1.165) is 12.0 Å². The first-order valence-corrected chi connectivity index (χ1v) is 8.52. The summed E-state index contributed by atoms with van der Waals surface area (Å²) in [6.07, 6.45) is 0.735. The molecule has 1 aliphatic rings. The van der Waals surface area contributed by atoms with Gasteiger partial charge in [0.05, 0.1) is 5.02 Å². The van der Waals surface area contributed by atoms with Crippen LogP contribution in [0.4, 0.5) is 5.69 Å². The van der Waals surface area contributed by atoms with Crippen LogP contribution in [0.25, 0.3) is 0 Å². The zero-order valence-corrected chi connectivity index (χ0v) is 13.0. The summed E-state index contributed by atoms with van der Waals surface area (Å²) in [5, 5.41) is 2.88. The zero-order valence-electron chi connectivity index (χ0n) is 11.5. The van der Waals surface area contributed by atoms with Crippen LogP contribution in [0.15, 0.2) is 47.4 Å². The molecule has 0 atom stereocenters. The molecule has 3 rings (SSSR count). The van der Waals surface area contributed by atoms with Gasteiger partial charge in [0.2, 0.25) is 0 Å². The number of sulfonamides is 1. The van der Waals surface area contributed by atoms with E-state index in [1.165, 1.54) is 18.2 Å². The van der Waals surface area contributed by atoms with Crippen molar-refractivity contribution in [1.82, 2.24) is 5.32 Å². The minimum Gasteiger partial charge on any atom is -0.352 e. The standard InChI is InChI=1S/C15H13ClN2O3S/c16-13-3-1-2-4-14(13)22(20,21)18-11-6-5-10-7-8-17-15(19)12(10)9-11/h1-6,9,18H,7-8H2,(H,17,19). The summed E-state index contributed by atoms with van der Waals surface area (Å²) < 4.78 is 27.2. The van der Waals surface area contributed by atoms with Crippen LogP contribution in [0.1, 0.15) is 15.9 Å². The lowest BCUT2D eigenvalue weighted by Crippen LogP contribution is -2.31. The lowest BCUT2D eigenvalue weighted by atomic mass is 10.00. The molecule has 1 aliphatic heterocycles. The molecule has 1 heterocycles. The largest absolute Gasteiger partial charge is 0.352 e. The number of halogens is 1. The molecule has 5 nitrogen and oxygen atoms in total. The van der Waals surface area contributed by atoms with Gasteiger partial charge >= 0.3 is 0 Å². The van der Waals surface area contributed by atoms with Crippen LogP contribution in [0.3, 0.4) is 0 Å². The lowest BCUT2D eigenvalue weighted by molar-refractivity contribution is 0.0946. The predicted molar refractivity (Wildman–Crippen MR) is 84.7 cm³/mol. The second-order valence-corrected chi connectivity index (χ2v) is 6.97. The smallest absolute Gasteiger partial charge is 0.263 e. The highest BCUT2D eigenvalue weighted by Gasteiger charge is 2.20. The van der Waals surface area contributed by atoms with Crippen LogP contribution in [0.5, 0.6) is 0 Å². The highest BCUT2D eigenvalue weighted by molar-refractivity contribution is 7.92. The second-order valence-electron chi connectivity index (χ2n) is 4.91. The number of hydrogen-bond acceptors (Lipinski definition) is 3. The molecule has 0 bridgehead atoms. The number of carbonyl (C=O) groups excluding carboxylic acids is 1. The third-order valence-electron chi connectivity index (χ3n) is 3.41. The van der Waals surface area contributed by atoms with Crippen molar-refractivity contribution in [2.24, 2.45) is 0 Å². The van der Waals surface area contributed by atoms with Crippen LogP contribution in [0, 0.1) is 0 Å². The van der Waals surface area contributed by atoms with E-state index in [1.54, 1.807) is 24.3 Å². The van der Waals surface area contributed by atoms with Gasteiger partial charge in [-0.2, -0.15) is 0 Å². The summed E-state index contributed by atoms with van der Waals surface area (Å²) in [5.41, 5.74) is 1.73. The van der Waals surface area contributed by atoms with Gasteiger partial charge in [0, 0.05) is 17.8 Å². The van der Waals surface area contributed by atoms with Gasteiger partial charge in [-0.15, -0.1) is 0 Å². The number of benzene rings is 2. The predicted octanol–water partition coefficient (Wildman–Crippen LogP) is 2.43. The highest BCUT2D eigenvalue weighted by atomic mass is 35.5. The van der Waals surface area contributed by atoms with Crippen LogP contribution in [0.2, 0.25) is 5.02 Å². The zero-order chi connectivity index (χ0) is 15.7. The second kappa shape index (κ2) is 5.62. The third kappa shape index (κ3) is 2.80. The average Bonchev–Trinajstić information content (AvgIpc) is 2.48. The summed E-state index contributed by atoms with van der Waals surface area (Å²) in [6.45, 7) is 0.594. The Balaban J connectivity index is 1.95. The molecule has 2 aromatic carbocycles. The van der Waals surface area contributed by atoms with E-state index < -0.39 is 10.0 Å². The maximum absolute atomic E-state index is 12.4. The van der Waals surface area contributed by atoms with Crippen molar-refractivity contribution in [2.45, 2.75) is 11.3 Å². The van der Waals surface area contributed by atoms with Gasteiger partial charge in [-0.05, 0) is 36.2 Å². The normalized spacial score (nSPS) is 14.1. The highest BCUT2D eigenvalue weighted by Crippen LogP contribution is 2.25. The topological polar surface area (TPSA) is 75.3 Å². The maximum atomic E-state index is 12.4. The Morgan fingerprint density at radius 3 is 2.68 bits per heavy atom. The number of hydrogen-bond donors (Lipinski definition) is 2. The molecule has 0 spiro atoms. The van der Waals surface area contributed by atoms with Crippen LogP contribution < -0.4 is 10.0 Å². The Morgan fingerprint density at radius 2 is 1.91 bits per heavy atom. The molecule has 0 unspecified atom stereocenters. The van der Waals surface area contributed by atoms with Gasteiger partial charge in [-0.1, -0.05) is 29.8 Å². The van der Waals surface area contributed by atoms with E-state index in [2.05, 4.69) is 10.0 Å². The minimum absolute atomic E-state index is 0.00108. The van der Waals surface area contributed by atoms with Gasteiger partial charge in [0.1, 0.15) is 4.90 Å². The van der Waals surface area contributed by atoms with Gasteiger partial charge < -0.3 is 5.32 Å². The monoisotopic (exact) mass is 336 g/mol. The molecule has 0 saturated heterocycles. The quantitative estimate of drug-likeness (QED) is 0.904. The van der Waals surface area contributed by atoms with Gasteiger partial charge in [-0.25, -0.2) is 8.42 Å². The first-order valence-electron chi connectivity index (χ1n) is 6.66. The summed E-state index contributed by atoms with van der Waals surface area (Å²) in [5.74, 6) is -0.194. The number of amides is 1. The fourth-order valence-corrected chi connectivity index (χ4v) is 3.92. The lowest BCUT2D eigenvalue weighted by Gasteiger charge is -2.17. The third-order valence-corrected chi connectivity index (χ3v) is 5.29. The van der Waals surface area contributed by atoms with Crippen molar-refractivity contribution >= 4 is 33.2 Å². The summed E-state index contributed by atoms with van der Waals surface area (Å²) in [4.78, 5) is 11.8. The Bertz CT molecular complexity index is 850. The van der Waals surface area contributed by atoms with E-state index in [-0.39, 0.29) is 15.8 Å². The Labute approximate surface area is 133 Å². The van der Waals surface area contributed by atoms with Crippen LogP contribution in [-0.2, 0) is 16.4 Å². The molecule has 7 heteroatoms. The van der Waals surface area contributed by atoms with Crippen LogP contribution in [-0.4, -0.2) is 20.9 Å². The molecule has 22 heavy (non-hydrogen) atoms. The van der Waals surface area contributed by atoms with Gasteiger partial charge in [-0.3, -0.25) is 9.52 Å². The molecular weight excluding hydrogens is 324 g/mol. The number of rotatable bonds is 3. The summed E-state index contributed by atoms with van der Waals surface area (Å²) in [7, 11) is -3.80. The van der Waals surface area contributed by atoms with Crippen molar-refractivity contribution in [3.05, 3.63) is 58.6 Å². The Kier molecular flexibility index (Phi) is 3.80. The van der Waals surface area contributed by atoms with Crippen molar-refractivity contribution in [2.75, 3.05) is 11.3 Å². The molecule has 0 aliphatic carbocycles. The number of nitrogens with one attached hydrogen (secondary N) is 2. The molecule has 1 amide bonds. The Morgan fingerprint density at radius 1 is 1.14 bits per heavy atom. The fourth-order valence-electron chi connectivity index (χ4n) is 2.35. The van der Waals surface area contributed by atoms with E-state index in [9.17, 15) is 13.2 Å². The Hall–Kier alpha value is -2.05. The van der Waals surface area contributed by atoms with Crippen molar-refractivity contribution in [3.8, 4) is 0 Å². The molecule has 0 radical (unpaired) electrons. The van der Waals surface area contributed by atoms with Crippen molar-refractivity contribution in [1.29, 1.82) is 0 Å². The van der Waals surface area contributed by atoms with Crippen molar-refractivity contribution in [3.63, 3.8) is 0 Å². The van der Waals surface area contributed by atoms with Crippen LogP contribution >= 0.6 is 11.6 Å². The van der Waals surface area contributed by atoms with E-state index in [0.29, 0.717) is 17.8 Å². The molecule has 2 aromatic rings. The molecule has 0 aromatic heterocycles. The van der Waals surface area contributed by atoms with E-state index >= 15 is 0 Å². The SMILES string of the molecule is O=C1NCCc2ccc(NS(=O)(=O)c3ccccc3Cl)cc21. The maximum Gasteiger partial charge on any atom is 0.263 e. The summed E-state index contributed by atoms with van der Waals surface area (Å²) >= 11 is 5.93. The van der Waals surface area contributed by atoms with Gasteiger partial charge in [0.15, 0.2) is 0 Å². The summed E-state index contributed by atoms with van der Waals surface area (Å²) in [6, 6.07) is 11.1. The molecular formula is C15H13ClN2O3S. The fraction of sp³-hybridized carbons (Fsp3) is 0.133. The molecule has 0 saturated carbocycles. The van der Waals surface area contributed by atoms with Gasteiger partial charge in [0.25, 0.3) is 15.9 Å². The molecule has 2 N–H and O–H groups in total. The van der Waals surface area contributed by atoms with E-state index in [1.807, 2.05) is 0 Å².